The Hall–Kier alpha value is -1.20. The first-order chi connectivity index (χ1) is 9.40. The molecule has 20 heavy (non-hydrogen) atoms. The number of hydrogen-bond donors (Lipinski definition) is 1. The zero-order valence-electron chi connectivity index (χ0n) is 13.2. The van der Waals surface area contributed by atoms with Crippen LogP contribution in [0.5, 0.6) is 0 Å². The fraction of sp³-hybridized carbons (Fsp3) is 0.600. The van der Waals surface area contributed by atoms with Crippen LogP contribution in [-0.4, -0.2) is 14.8 Å². The SMILES string of the molecule is Cc1nc(C(C)C)sc1[C@H](C)NCc1cnn(C)c1C. The molecule has 2 heterocycles. The van der Waals surface area contributed by atoms with Gasteiger partial charge in [0.05, 0.1) is 16.9 Å². The smallest absolute Gasteiger partial charge is 0.0956 e. The lowest BCUT2D eigenvalue weighted by Crippen LogP contribution is -2.18. The summed E-state index contributed by atoms with van der Waals surface area (Å²) in [6.45, 7) is 11.6. The van der Waals surface area contributed by atoms with E-state index in [1.807, 2.05) is 29.3 Å². The third kappa shape index (κ3) is 3.10. The summed E-state index contributed by atoms with van der Waals surface area (Å²) in [6, 6.07) is 0.319. The van der Waals surface area contributed by atoms with Crippen LogP contribution in [0, 0.1) is 13.8 Å². The lowest BCUT2D eigenvalue weighted by molar-refractivity contribution is 0.577. The maximum absolute atomic E-state index is 4.67. The van der Waals surface area contributed by atoms with E-state index in [4.69, 9.17) is 0 Å². The van der Waals surface area contributed by atoms with Crippen LogP contribution in [0.1, 0.15) is 59.6 Å². The van der Waals surface area contributed by atoms with E-state index in [0.717, 1.165) is 12.2 Å². The van der Waals surface area contributed by atoms with Crippen LogP contribution in [0.25, 0.3) is 0 Å². The molecule has 0 aliphatic heterocycles. The van der Waals surface area contributed by atoms with Crippen molar-refractivity contribution in [2.24, 2.45) is 7.05 Å². The summed E-state index contributed by atoms with van der Waals surface area (Å²) in [5, 5.41) is 9.08. The Morgan fingerprint density at radius 1 is 1.30 bits per heavy atom. The van der Waals surface area contributed by atoms with Gasteiger partial charge in [0.1, 0.15) is 0 Å². The summed E-state index contributed by atoms with van der Waals surface area (Å²) in [4.78, 5) is 6.01. The molecule has 0 aliphatic rings. The number of nitrogens with one attached hydrogen (secondary N) is 1. The number of nitrogens with zero attached hydrogens (tertiary/aromatic N) is 3. The van der Waals surface area contributed by atoms with Crippen molar-refractivity contribution in [1.82, 2.24) is 20.1 Å². The Bertz CT molecular complexity index is 583. The van der Waals surface area contributed by atoms with E-state index >= 15 is 0 Å². The van der Waals surface area contributed by atoms with Crippen LogP contribution in [0.2, 0.25) is 0 Å². The minimum atomic E-state index is 0.319. The van der Waals surface area contributed by atoms with Gasteiger partial charge in [0.15, 0.2) is 0 Å². The Morgan fingerprint density at radius 3 is 2.50 bits per heavy atom. The van der Waals surface area contributed by atoms with Crippen molar-refractivity contribution in [3.8, 4) is 0 Å². The summed E-state index contributed by atoms with van der Waals surface area (Å²) in [7, 11) is 1.98. The molecule has 0 aromatic carbocycles. The van der Waals surface area contributed by atoms with E-state index in [1.54, 1.807) is 0 Å². The number of hydrogen-bond acceptors (Lipinski definition) is 4. The Morgan fingerprint density at radius 2 is 2.00 bits per heavy atom. The van der Waals surface area contributed by atoms with Crippen LogP contribution in [-0.2, 0) is 13.6 Å². The topological polar surface area (TPSA) is 42.7 Å². The molecular weight excluding hydrogens is 268 g/mol. The van der Waals surface area contributed by atoms with Gasteiger partial charge in [0.25, 0.3) is 0 Å². The molecule has 0 fully saturated rings. The molecule has 1 atom stereocenters. The van der Waals surface area contributed by atoms with Gasteiger partial charge in [-0.05, 0) is 20.8 Å². The summed E-state index contributed by atoms with van der Waals surface area (Å²) < 4.78 is 1.91. The summed E-state index contributed by atoms with van der Waals surface area (Å²) in [6.07, 6.45) is 1.94. The predicted octanol–water partition coefficient (Wildman–Crippen LogP) is 3.47. The van der Waals surface area contributed by atoms with Crippen LogP contribution >= 0.6 is 11.3 Å². The van der Waals surface area contributed by atoms with Crippen molar-refractivity contribution >= 4 is 11.3 Å². The summed E-state index contributed by atoms with van der Waals surface area (Å²) >= 11 is 1.83. The molecule has 0 radical (unpaired) electrons. The molecule has 0 amide bonds. The van der Waals surface area contributed by atoms with Gasteiger partial charge < -0.3 is 5.32 Å². The van der Waals surface area contributed by atoms with Crippen molar-refractivity contribution in [3.05, 3.63) is 33.0 Å². The van der Waals surface area contributed by atoms with Gasteiger partial charge in [-0.25, -0.2) is 4.98 Å². The maximum atomic E-state index is 4.67. The average Bonchev–Trinajstić information content (AvgIpc) is 2.93. The van der Waals surface area contributed by atoms with Crippen molar-refractivity contribution in [2.75, 3.05) is 0 Å². The minimum absolute atomic E-state index is 0.319. The highest BCUT2D eigenvalue weighted by Gasteiger charge is 2.16. The van der Waals surface area contributed by atoms with Gasteiger partial charge in [-0.15, -0.1) is 11.3 Å². The van der Waals surface area contributed by atoms with E-state index in [0.29, 0.717) is 12.0 Å². The standard InChI is InChI=1S/C15H24N4S/c1-9(2)15-18-11(4)14(20-15)10(3)16-7-13-8-17-19(6)12(13)5/h8-10,16H,7H2,1-6H3/t10-/m0/s1. The second-order valence-electron chi connectivity index (χ2n) is 5.64. The van der Waals surface area contributed by atoms with Gasteiger partial charge in [-0.2, -0.15) is 5.10 Å². The molecule has 1 N–H and O–H groups in total. The van der Waals surface area contributed by atoms with E-state index in [1.165, 1.54) is 21.1 Å². The molecule has 5 heteroatoms. The van der Waals surface area contributed by atoms with Crippen LogP contribution in [0.15, 0.2) is 6.20 Å². The fourth-order valence-corrected chi connectivity index (χ4v) is 3.25. The molecule has 2 aromatic heterocycles. The highest BCUT2D eigenvalue weighted by atomic mass is 32.1. The minimum Gasteiger partial charge on any atom is -0.305 e. The van der Waals surface area contributed by atoms with Crippen molar-refractivity contribution in [2.45, 2.75) is 53.1 Å². The molecule has 0 bridgehead atoms. The monoisotopic (exact) mass is 292 g/mol. The lowest BCUT2D eigenvalue weighted by Gasteiger charge is -2.12. The Balaban J connectivity index is 2.05. The van der Waals surface area contributed by atoms with Gasteiger partial charge in [0.2, 0.25) is 0 Å². The van der Waals surface area contributed by atoms with Crippen LogP contribution in [0.4, 0.5) is 0 Å². The second-order valence-corrected chi connectivity index (χ2v) is 6.70. The van der Waals surface area contributed by atoms with Gasteiger partial charge in [-0.3, -0.25) is 4.68 Å². The molecule has 2 aromatic rings. The highest BCUT2D eigenvalue weighted by Crippen LogP contribution is 2.29. The molecule has 0 saturated heterocycles. The molecular formula is C15H24N4S. The van der Waals surface area contributed by atoms with Crippen LogP contribution in [0.3, 0.4) is 0 Å². The first kappa shape index (κ1) is 15.2. The zero-order chi connectivity index (χ0) is 14.9. The number of thiazole rings is 1. The molecule has 0 aliphatic carbocycles. The summed E-state index contributed by atoms with van der Waals surface area (Å²) in [5.74, 6) is 0.500. The Kier molecular flexibility index (Phi) is 4.60. The highest BCUT2D eigenvalue weighted by molar-refractivity contribution is 7.11. The lowest BCUT2D eigenvalue weighted by atomic mass is 10.2. The first-order valence-electron chi connectivity index (χ1n) is 7.08. The molecule has 110 valence electrons. The first-order valence-corrected chi connectivity index (χ1v) is 7.89. The second kappa shape index (κ2) is 6.06. The third-order valence-corrected chi connectivity index (χ3v) is 5.31. The quantitative estimate of drug-likeness (QED) is 0.917. The third-order valence-electron chi connectivity index (χ3n) is 3.67. The fourth-order valence-electron chi connectivity index (χ4n) is 2.15. The van der Waals surface area contributed by atoms with Crippen LogP contribution < -0.4 is 5.32 Å². The van der Waals surface area contributed by atoms with E-state index in [-0.39, 0.29) is 0 Å². The Labute approximate surface area is 125 Å². The van der Waals surface area contributed by atoms with E-state index < -0.39 is 0 Å². The molecule has 4 nitrogen and oxygen atoms in total. The zero-order valence-corrected chi connectivity index (χ0v) is 14.0. The van der Waals surface area contributed by atoms with Gasteiger partial charge in [0, 0.05) is 41.7 Å². The molecule has 0 unspecified atom stereocenters. The van der Waals surface area contributed by atoms with E-state index in [9.17, 15) is 0 Å². The maximum Gasteiger partial charge on any atom is 0.0956 e. The van der Waals surface area contributed by atoms with Gasteiger partial charge >= 0.3 is 0 Å². The van der Waals surface area contributed by atoms with E-state index in [2.05, 4.69) is 50.0 Å². The molecule has 0 spiro atoms. The number of rotatable bonds is 5. The summed E-state index contributed by atoms with van der Waals surface area (Å²) in [5.41, 5.74) is 3.63. The number of aryl methyl sites for hydroxylation is 2. The average molecular weight is 292 g/mol. The van der Waals surface area contributed by atoms with Gasteiger partial charge in [-0.1, -0.05) is 13.8 Å². The van der Waals surface area contributed by atoms with Crippen molar-refractivity contribution in [1.29, 1.82) is 0 Å². The predicted molar refractivity (Wildman–Crippen MR) is 84.1 cm³/mol. The van der Waals surface area contributed by atoms with Crippen molar-refractivity contribution in [3.63, 3.8) is 0 Å². The molecule has 2 rings (SSSR count). The number of aromatic nitrogens is 3. The van der Waals surface area contributed by atoms with Crippen molar-refractivity contribution < 1.29 is 0 Å². The largest absolute Gasteiger partial charge is 0.305 e. The molecule has 0 saturated carbocycles. The normalized spacial score (nSPS) is 13.2.